The topological polar surface area (TPSA) is 64.2 Å². The summed E-state index contributed by atoms with van der Waals surface area (Å²) in [6, 6.07) is 0. The molecule has 0 bridgehead atoms. The van der Waals surface area contributed by atoms with Gasteiger partial charge in [0.1, 0.15) is 0 Å². The van der Waals surface area contributed by atoms with Crippen molar-refractivity contribution < 1.29 is 4.79 Å². The minimum Gasteiger partial charge on any atom is -0.369 e. The Morgan fingerprint density at radius 3 is 2.93 bits per heavy atom. The van der Waals surface area contributed by atoms with Crippen molar-refractivity contribution in [3.63, 3.8) is 0 Å². The second kappa shape index (κ2) is 3.42. The number of amides is 1. The Morgan fingerprint density at radius 1 is 1.71 bits per heavy atom. The first kappa shape index (κ1) is 9.21. The van der Waals surface area contributed by atoms with Crippen LogP contribution in [0.4, 0.5) is 0 Å². The lowest BCUT2D eigenvalue weighted by molar-refractivity contribution is -0.127. The maximum absolute atomic E-state index is 10.8. The zero-order chi connectivity index (χ0) is 10.1. The number of hydrogen-bond acceptors (Lipinski definition) is 3. The van der Waals surface area contributed by atoms with E-state index in [0.717, 1.165) is 19.6 Å². The molecule has 2 rings (SSSR count). The molecule has 0 saturated carbocycles. The Balaban J connectivity index is 1.82. The normalized spacial score (nSPS) is 18.1. The van der Waals surface area contributed by atoms with Gasteiger partial charge in [0.2, 0.25) is 5.91 Å². The molecule has 5 heteroatoms. The highest BCUT2D eigenvalue weighted by Gasteiger charge is 2.30. The van der Waals surface area contributed by atoms with E-state index in [0.29, 0.717) is 0 Å². The monoisotopic (exact) mass is 194 g/mol. The number of nitrogens with two attached hydrogens (primary N) is 1. The van der Waals surface area contributed by atoms with E-state index < -0.39 is 0 Å². The number of primary amides is 1. The largest absolute Gasteiger partial charge is 0.369 e. The van der Waals surface area contributed by atoms with Crippen LogP contribution in [0.25, 0.3) is 0 Å². The van der Waals surface area contributed by atoms with Crippen LogP contribution >= 0.6 is 0 Å². The zero-order valence-electron chi connectivity index (χ0n) is 8.18. The van der Waals surface area contributed by atoms with Crippen molar-refractivity contribution in [2.24, 2.45) is 18.7 Å². The van der Waals surface area contributed by atoms with Crippen molar-refractivity contribution in [3.8, 4) is 0 Å². The molecule has 0 spiro atoms. The van der Waals surface area contributed by atoms with Gasteiger partial charge in [-0.3, -0.25) is 14.4 Å². The van der Waals surface area contributed by atoms with Crippen molar-refractivity contribution in [1.82, 2.24) is 14.7 Å². The van der Waals surface area contributed by atoms with Gasteiger partial charge in [-0.15, -0.1) is 0 Å². The Morgan fingerprint density at radius 2 is 2.43 bits per heavy atom. The summed E-state index contributed by atoms with van der Waals surface area (Å²) in [4.78, 5) is 12.9. The van der Waals surface area contributed by atoms with Gasteiger partial charge in [-0.1, -0.05) is 0 Å². The number of hydrogen-bond donors (Lipinski definition) is 1. The fraction of sp³-hybridized carbons (Fsp3) is 0.556. The first-order valence-electron chi connectivity index (χ1n) is 4.64. The maximum atomic E-state index is 10.8. The number of rotatable bonds is 3. The number of likely N-dealkylation sites (tertiary alicyclic amines) is 1. The van der Waals surface area contributed by atoms with Crippen molar-refractivity contribution >= 4 is 5.91 Å². The van der Waals surface area contributed by atoms with Gasteiger partial charge in [-0.2, -0.15) is 5.10 Å². The standard InChI is InChI=1S/C9H14N4O/c1-12-3-7(2-11-12)4-13-5-8(6-13)9(10)14/h2-3,8H,4-6H2,1H3,(H2,10,14). The third-order valence-electron chi connectivity index (χ3n) is 2.52. The molecule has 0 aromatic carbocycles. The van der Waals surface area contributed by atoms with Crippen LogP contribution in [-0.2, 0) is 18.4 Å². The van der Waals surface area contributed by atoms with Crippen LogP contribution < -0.4 is 5.73 Å². The predicted octanol–water partition coefficient (Wildman–Crippen LogP) is -0.663. The summed E-state index contributed by atoms with van der Waals surface area (Å²) in [5.41, 5.74) is 6.35. The van der Waals surface area contributed by atoms with E-state index in [4.69, 9.17) is 5.73 Å². The Hall–Kier alpha value is -1.36. The number of aromatic nitrogens is 2. The smallest absolute Gasteiger partial charge is 0.223 e. The summed E-state index contributed by atoms with van der Waals surface area (Å²) in [6.07, 6.45) is 3.83. The average Bonchev–Trinajstić information content (AvgIpc) is 2.42. The van der Waals surface area contributed by atoms with E-state index in [9.17, 15) is 4.79 Å². The lowest BCUT2D eigenvalue weighted by Crippen LogP contribution is -2.51. The van der Waals surface area contributed by atoms with E-state index >= 15 is 0 Å². The molecule has 0 aliphatic carbocycles. The molecule has 2 heterocycles. The van der Waals surface area contributed by atoms with Crippen LogP contribution in [-0.4, -0.2) is 33.7 Å². The molecule has 0 atom stereocenters. The quantitative estimate of drug-likeness (QED) is 0.694. The molecule has 76 valence electrons. The summed E-state index contributed by atoms with van der Waals surface area (Å²) >= 11 is 0. The van der Waals surface area contributed by atoms with Gasteiger partial charge in [0.05, 0.1) is 12.1 Å². The molecule has 1 aliphatic heterocycles. The molecule has 1 aromatic heterocycles. The summed E-state index contributed by atoms with van der Waals surface area (Å²) in [7, 11) is 1.89. The molecule has 1 amide bonds. The SMILES string of the molecule is Cn1cc(CN2CC(C(N)=O)C2)cn1. The van der Waals surface area contributed by atoms with Crippen molar-refractivity contribution in [2.75, 3.05) is 13.1 Å². The van der Waals surface area contributed by atoms with Gasteiger partial charge in [0, 0.05) is 38.4 Å². The van der Waals surface area contributed by atoms with Crippen LogP contribution in [0.1, 0.15) is 5.56 Å². The second-order valence-electron chi connectivity index (χ2n) is 3.82. The second-order valence-corrected chi connectivity index (χ2v) is 3.82. The molecule has 1 saturated heterocycles. The third-order valence-corrected chi connectivity index (χ3v) is 2.52. The van der Waals surface area contributed by atoms with Gasteiger partial charge < -0.3 is 5.73 Å². The van der Waals surface area contributed by atoms with Crippen LogP contribution in [0.3, 0.4) is 0 Å². The van der Waals surface area contributed by atoms with Gasteiger partial charge in [0.15, 0.2) is 0 Å². The van der Waals surface area contributed by atoms with E-state index in [-0.39, 0.29) is 11.8 Å². The molecule has 1 fully saturated rings. The van der Waals surface area contributed by atoms with Crippen LogP contribution in [0.5, 0.6) is 0 Å². The summed E-state index contributed by atoms with van der Waals surface area (Å²) in [6.45, 7) is 2.42. The minimum absolute atomic E-state index is 0.0478. The number of nitrogens with zero attached hydrogens (tertiary/aromatic N) is 3. The summed E-state index contributed by atoms with van der Waals surface area (Å²) < 4.78 is 1.78. The van der Waals surface area contributed by atoms with E-state index in [1.54, 1.807) is 4.68 Å². The minimum atomic E-state index is -0.188. The van der Waals surface area contributed by atoms with Crippen molar-refractivity contribution in [3.05, 3.63) is 18.0 Å². The third kappa shape index (κ3) is 1.77. The fourth-order valence-electron chi connectivity index (χ4n) is 1.69. The Bertz CT molecular complexity index is 340. The van der Waals surface area contributed by atoms with E-state index in [1.165, 1.54) is 5.56 Å². The molecular weight excluding hydrogens is 180 g/mol. The van der Waals surface area contributed by atoms with Crippen LogP contribution in [0, 0.1) is 5.92 Å². The van der Waals surface area contributed by atoms with Gasteiger partial charge in [-0.05, 0) is 0 Å². The highest BCUT2D eigenvalue weighted by Crippen LogP contribution is 2.17. The lowest BCUT2D eigenvalue weighted by atomic mass is 9.99. The lowest BCUT2D eigenvalue weighted by Gasteiger charge is -2.36. The average molecular weight is 194 g/mol. The predicted molar refractivity (Wildman–Crippen MR) is 51.2 cm³/mol. The molecule has 5 nitrogen and oxygen atoms in total. The highest BCUT2D eigenvalue weighted by molar-refractivity contribution is 5.78. The zero-order valence-corrected chi connectivity index (χ0v) is 8.18. The van der Waals surface area contributed by atoms with Crippen molar-refractivity contribution in [1.29, 1.82) is 0 Å². The van der Waals surface area contributed by atoms with E-state index in [2.05, 4.69) is 10.00 Å². The van der Waals surface area contributed by atoms with Gasteiger partial charge in [-0.25, -0.2) is 0 Å². The van der Waals surface area contributed by atoms with E-state index in [1.807, 2.05) is 19.4 Å². The van der Waals surface area contributed by atoms with Crippen LogP contribution in [0.15, 0.2) is 12.4 Å². The summed E-state index contributed by atoms with van der Waals surface area (Å²) in [5, 5.41) is 4.08. The van der Waals surface area contributed by atoms with Gasteiger partial charge in [0.25, 0.3) is 0 Å². The molecule has 0 radical (unpaired) electrons. The Labute approximate surface area is 82.5 Å². The van der Waals surface area contributed by atoms with Crippen LogP contribution in [0.2, 0.25) is 0 Å². The summed E-state index contributed by atoms with van der Waals surface area (Å²) in [5.74, 6) is -0.140. The first-order chi connectivity index (χ1) is 6.65. The fourth-order valence-corrected chi connectivity index (χ4v) is 1.69. The number of aryl methyl sites for hydroxylation is 1. The number of carbonyl (C=O) groups excluding carboxylic acids is 1. The molecule has 1 aliphatic rings. The molecule has 0 unspecified atom stereocenters. The van der Waals surface area contributed by atoms with Gasteiger partial charge >= 0.3 is 0 Å². The maximum Gasteiger partial charge on any atom is 0.223 e. The number of carbonyl (C=O) groups is 1. The molecule has 1 aromatic rings. The Kier molecular flexibility index (Phi) is 2.25. The van der Waals surface area contributed by atoms with Crippen molar-refractivity contribution in [2.45, 2.75) is 6.54 Å². The molecule has 14 heavy (non-hydrogen) atoms. The first-order valence-corrected chi connectivity index (χ1v) is 4.64. The molecule has 2 N–H and O–H groups in total. The highest BCUT2D eigenvalue weighted by atomic mass is 16.1. The molecular formula is C9H14N4O.